The molecule has 0 radical (unpaired) electrons. The third-order valence-electron chi connectivity index (χ3n) is 1.99. The molecule has 1 heterocycles. The van der Waals surface area contributed by atoms with Crippen LogP contribution in [-0.2, 0) is 13.1 Å². The Kier molecular flexibility index (Phi) is 3.83. The number of imidazole rings is 1. The van der Waals surface area contributed by atoms with Gasteiger partial charge in [0.15, 0.2) is 6.29 Å². The van der Waals surface area contributed by atoms with E-state index in [-0.39, 0.29) is 0 Å². The van der Waals surface area contributed by atoms with Crippen molar-refractivity contribution in [1.82, 2.24) is 14.5 Å². The molecular formula is C10H17N3O. The molecule has 0 saturated heterocycles. The fourth-order valence-corrected chi connectivity index (χ4v) is 1.39. The van der Waals surface area contributed by atoms with Crippen LogP contribution in [0.3, 0.4) is 0 Å². The molecule has 0 unspecified atom stereocenters. The van der Waals surface area contributed by atoms with E-state index in [0.29, 0.717) is 12.4 Å². The monoisotopic (exact) mass is 195 g/mol. The largest absolute Gasteiger partial charge is 0.312 e. The maximum absolute atomic E-state index is 10.7. The van der Waals surface area contributed by atoms with Crippen LogP contribution in [0.5, 0.6) is 0 Å². The van der Waals surface area contributed by atoms with Gasteiger partial charge in [-0.2, -0.15) is 0 Å². The molecule has 78 valence electrons. The van der Waals surface area contributed by atoms with Crippen LogP contribution in [0.1, 0.15) is 29.7 Å². The van der Waals surface area contributed by atoms with Crippen molar-refractivity contribution in [2.24, 2.45) is 0 Å². The molecule has 0 N–H and O–H groups in total. The number of nitrogens with zero attached hydrogens (tertiary/aromatic N) is 3. The highest BCUT2D eigenvalue weighted by atomic mass is 16.1. The molecule has 1 aromatic heterocycles. The minimum Gasteiger partial charge on any atom is -0.312 e. The maximum Gasteiger partial charge on any atom is 0.168 e. The van der Waals surface area contributed by atoms with Crippen molar-refractivity contribution < 1.29 is 4.79 Å². The molecular weight excluding hydrogens is 178 g/mol. The van der Waals surface area contributed by atoms with Gasteiger partial charge < -0.3 is 4.57 Å². The number of aldehydes is 1. The molecule has 1 rings (SSSR count). The molecule has 0 aliphatic rings. The highest BCUT2D eigenvalue weighted by molar-refractivity contribution is 5.71. The Morgan fingerprint density at radius 2 is 2.29 bits per heavy atom. The third kappa shape index (κ3) is 2.42. The summed E-state index contributed by atoms with van der Waals surface area (Å²) in [4.78, 5) is 17.0. The second kappa shape index (κ2) is 4.91. The predicted octanol–water partition coefficient (Wildman–Crippen LogP) is 1.17. The van der Waals surface area contributed by atoms with E-state index in [0.717, 1.165) is 25.0 Å². The molecule has 0 amide bonds. The summed E-state index contributed by atoms with van der Waals surface area (Å²) >= 11 is 0. The van der Waals surface area contributed by atoms with Gasteiger partial charge in [0, 0.05) is 6.42 Å². The van der Waals surface area contributed by atoms with E-state index in [9.17, 15) is 4.79 Å². The molecule has 0 atom stereocenters. The van der Waals surface area contributed by atoms with Crippen LogP contribution in [0.2, 0.25) is 0 Å². The summed E-state index contributed by atoms with van der Waals surface area (Å²) in [5, 5.41) is 0. The Bertz CT molecular complexity index is 304. The van der Waals surface area contributed by atoms with Crippen LogP contribution in [-0.4, -0.2) is 34.8 Å². The molecule has 0 aromatic carbocycles. The van der Waals surface area contributed by atoms with E-state index in [1.165, 1.54) is 0 Å². The molecule has 0 bridgehead atoms. The number of aromatic nitrogens is 2. The zero-order valence-electron chi connectivity index (χ0n) is 9.03. The SMILES string of the molecule is CCCc1ncc(C=O)n1CN(C)C. The number of carbonyl (C=O) groups is 1. The van der Waals surface area contributed by atoms with Crippen LogP contribution < -0.4 is 0 Å². The lowest BCUT2D eigenvalue weighted by atomic mass is 10.3. The van der Waals surface area contributed by atoms with Crippen LogP contribution in [0.25, 0.3) is 0 Å². The second-order valence-corrected chi connectivity index (χ2v) is 3.62. The molecule has 0 saturated carbocycles. The first kappa shape index (κ1) is 10.9. The summed E-state index contributed by atoms with van der Waals surface area (Å²) in [6, 6.07) is 0. The number of hydrogen-bond donors (Lipinski definition) is 0. The fraction of sp³-hybridized carbons (Fsp3) is 0.600. The highest BCUT2D eigenvalue weighted by Gasteiger charge is 2.08. The maximum atomic E-state index is 10.7. The van der Waals surface area contributed by atoms with E-state index in [4.69, 9.17) is 0 Å². The number of aryl methyl sites for hydroxylation is 1. The van der Waals surface area contributed by atoms with E-state index >= 15 is 0 Å². The molecule has 4 nitrogen and oxygen atoms in total. The average Bonchev–Trinajstić information content (AvgIpc) is 2.48. The lowest BCUT2D eigenvalue weighted by Gasteiger charge is -2.14. The Balaban J connectivity index is 2.93. The van der Waals surface area contributed by atoms with Gasteiger partial charge in [-0.1, -0.05) is 6.92 Å². The van der Waals surface area contributed by atoms with Gasteiger partial charge in [-0.25, -0.2) is 4.98 Å². The van der Waals surface area contributed by atoms with Crippen molar-refractivity contribution >= 4 is 6.29 Å². The molecule has 0 aliphatic carbocycles. The standard InChI is InChI=1S/C10H17N3O/c1-4-5-10-11-6-9(7-14)13(10)8-12(2)3/h6-7H,4-5,8H2,1-3H3. The third-order valence-corrected chi connectivity index (χ3v) is 1.99. The second-order valence-electron chi connectivity index (χ2n) is 3.62. The van der Waals surface area contributed by atoms with E-state index in [1.807, 2.05) is 23.6 Å². The summed E-state index contributed by atoms with van der Waals surface area (Å²) in [6.07, 6.45) is 4.46. The lowest BCUT2D eigenvalue weighted by molar-refractivity contribution is 0.111. The molecule has 4 heteroatoms. The van der Waals surface area contributed by atoms with E-state index < -0.39 is 0 Å². The zero-order chi connectivity index (χ0) is 10.6. The lowest BCUT2D eigenvalue weighted by Crippen LogP contribution is -2.20. The Hall–Kier alpha value is -1.16. The Labute approximate surface area is 84.5 Å². The fourth-order valence-electron chi connectivity index (χ4n) is 1.39. The first-order valence-electron chi connectivity index (χ1n) is 4.83. The van der Waals surface area contributed by atoms with Gasteiger partial charge >= 0.3 is 0 Å². The van der Waals surface area contributed by atoms with E-state index in [1.54, 1.807) is 6.20 Å². The minimum atomic E-state index is 0.655. The van der Waals surface area contributed by atoms with Gasteiger partial charge in [-0.3, -0.25) is 9.69 Å². The van der Waals surface area contributed by atoms with Gasteiger partial charge in [-0.05, 0) is 20.5 Å². The minimum absolute atomic E-state index is 0.655. The summed E-state index contributed by atoms with van der Waals surface area (Å²) < 4.78 is 1.95. The Morgan fingerprint density at radius 3 is 2.79 bits per heavy atom. The predicted molar refractivity (Wildman–Crippen MR) is 55.3 cm³/mol. The van der Waals surface area contributed by atoms with Crippen LogP contribution in [0.4, 0.5) is 0 Å². The molecule has 0 aliphatic heterocycles. The molecule has 0 fully saturated rings. The van der Waals surface area contributed by atoms with Crippen molar-refractivity contribution in [3.05, 3.63) is 17.7 Å². The molecule has 1 aromatic rings. The van der Waals surface area contributed by atoms with E-state index in [2.05, 4.69) is 11.9 Å². The summed E-state index contributed by atoms with van der Waals surface area (Å²) in [5.41, 5.74) is 0.655. The van der Waals surface area contributed by atoms with Crippen LogP contribution >= 0.6 is 0 Å². The van der Waals surface area contributed by atoms with Crippen molar-refractivity contribution in [2.45, 2.75) is 26.4 Å². The van der Waals surface area contributed by atoms with Gasteiger partial charge in [0.05, 0.1) is 12.9 Å². The number of carbonyl (C=O) groups excluding carboxylic acids is 1. The average molecular weight is 195 g/mol. The van der Waals surface area contributed by atoms with Crippen LogP contribution in [0, 0.1) is 0 Å². The smallest absolute Gasteiger partial charge is 0.168 e. The van der Waals surface area contributed by atoms with Crippen LogP contribution in [0.15, 0.2) is 6.20 Å². The highest BCUT2D eigenvalue weighted by Crippen LogP contribution is 2.06. The number of rotatable bonds is 5. The first-order chi connectivity index (χ1) is 6.69. The van der Waals surface area contributed by atoms with Crippen molar-refractivity contribution in [3.63, 3.8) is 0 Å². The molecule has 14 heavy (non-hydrogen) atoms. The normalized spacial score (nSPS) is 10.9. The number of hydrogen-bond acceptors (Lipinski definition) is 3. The van der Waals surface area contributed by atoms with Crippen molar-refractivity contribution in [2.75, 3.05) is 14.1 Å². The Morgan fingerprint density at radius 1 is 1.57 bits per heavy atom. The van der Waals surface area contributed by atoms with Gasteiger partial charge in [-0.15, -0.1) is 0 Å². The topological polar surface area (TPSA) is 38.1 Å². The summed E-state index contributed by atoms with van der Waals surface area (Å²) in [6.45, 7) is 2.82. The van der Waals surface area contributed by atoms with Gasteiger partial charge in [0.2, 0.25) is 0 Å². The van der Waals surface area contributed by atoms with Gasteiger partial charge in [0.1, 0.15) is 11.5 Å². The summed E-state index contributed by atoms with van der Waals surface area (Å²) in [5.74, 6) is 0.989. The van der Waals surface area contributed by atoms with Crippen molar-refractivity contribution in [1.29, 1.82) is 0 Å². The van der Waals surface area contributed by atoms with Crippen molar-refractivity contribution in [3.8, 4) is 0 Å². The summed E-state index contributed by atoms with van der Waals surface area (Å²) in [7, 11) is 3.95. The van der Waals surface area contributed by atoms with Gasteiger partial charge in [0.25, 0.3) is 0 Å². The molecule has 0 spiro atoms. The first-order valence-corrected chi connectivity index (χ1v) is 4.83. The quantitative estimate of drug-likeness (QED) is 0.662. The zero-order valence-corrected chi connectivity index (χ0v) is 9.03.